The Morgan fingerprint density at radius 1 is 1.26 bits per heavy atom. The quantitative estimate of drug-likeness (QED) is 0.897. The number of hydrogen-bond acceptors (Lipinski definition) is 6. The van der Waals surface area contributed by atoms with E-state index in [0.717, 1.165) is 11.3 Å². The molecule has 2 aromatic rings. The van der Waals surface area contributed by atoms with E-state index in [9.17, 15) is 0 Å². The van der Waals surface area contributed by atoms with E-state index >= 15 is 0 Å². The van der Waals surface area contributed by atoms with Gasteiger partial charge in [0.25, 0.3) is 0 Å². The van der Waals surface area contributed by atoms with Gasteiger partial charge >= 0.3 is 0 Å². The van der Waals surface area contributed by atoms with Crippen molar-refractivity contribution in [1.82, 2.24) is 25.5 Å². The van der Waals surface area contributed by atoms with E-state index in [1.165, 1.54) is 0 Å². The summed E-state index contributed by atoms with van der Waals surface area (Å²) in [6.45, 7) is 4.03. The van der Waals surface area contributed by atoms with Gasteiger partial charge in [0.1, 0.15) is 5.69 Å². The van der Waals surface area contributed by atoms with Crippen LogP contribution in [0, 0.1) is 6.92 Å². The molecule has 2 heterocycles. The Hall–Kier alpha value is -2.08. The van der Waals surface area contributed by atoms with E-state index in [-0.39, 0.29) is 6.04 Å². The average Bonchev–Trinajstić information content (AvgIpc) is 2.46. The smallest absolute Gasteiger partial charge is 0.233 e. The molecular formula is C13H17N5O. The fourth-order valence-corrected chi connectivity index (χ4v) is 1.73. The predicted octanol–water partition coefficient (Wildman–Crippen LogP) is 1.53. The highest BCUT2D eigenvalue weighted by Crippen LogP contribution is 2.18. The molecular weight excluding hydrogens is 242 g/mol. The number of nitrogens with zero attached hydrogens (tertiary/aromatic N) is 4. The van der Waals surface area contributed by atoms with Gasteiger partial charge in [0.2, 0.25) is 5.88 Å². The molecule has 0 fully saturated rings. The first-order valence-corrected chi connectivity index (χ1v) is 6.04. The first-order valence-electron chi connectivity index (χ1n) is 6.04. The van der Waals surface area contributed by atoms with Crippen molar-refractivity contribution >= 4 is 0 Å². The van der Waals surface area contributed by atoms with E-state index in [4.69, 9.17) is 4.74 Å². The maximum absolute atomic E-state index is 4.97. The fourth-order valence-electron chi connectivity index (χ4n) is 1.73. The lowest BCUT2D eigenvalue weighted by Crippen LogP contribution is -2.15. The molecule has 6 heteroatoms. The Bertz CT molecular complexity index is 555. The monoisotopic (exact) mass is 259 g/mol. The average molecular weight is 259 g/mol. The third kappa shape index (κ3) is 2.85. The Morgan fingerprint density at radius 2 is 2.05 bits per heavy atom. The number of aryl methyl sites for hydroxylation is 1. The Labute approximate surface area is 112 Å². The summed E-state index contributed by atoms with van der Waals surface area (Å²) < 4.78 is 4.97. The number of hydrogen-bond donors (Lipinski definition) is 1. The molecule has 0 amide bonds. The predicted molar refractivity (Wildman–Crippen MR) is 71.8 cm³/mol. The van der Waals surface area contributed by atoms with Crippen LogP contribution in [0.2, 0.25) is 0 Å². The molecule has 0 saturated carbocycles. The van der Waals surface area contributed by atoms with Crippen LogP contribution in [-0.2, 0) is 0 Å². The lowest BCUT2D eigenvalue weighted by Gasteiger charge is -2.12. The van der Waals surface area contributed by atoms with Gasteiger partial charge in [-0.15, -0.1) is 10.2 Å². The summed E-state index contributed by atoms with van der Waals surface area (Å²) >= 11 is 0. The lowest BCUT2D eigenvalue weighted by molar-refractivity contribution is 0.392. The maximum atomic E-state index is 4.97. The molecule has 1 unspecified atom stereocenters. The molecule has 0 aliphatic rings. The number of nitrogens with one attached hydrogen (secondary N) is 1. The number of ether oxygens (including phenoxy) is 1. The highest BCUT2D eigenvalue weighted by molar-refractivity contribution is 5.49. The standard InChI is InChI=1S/C13H17N5O/c1-8(14-3)10-7-15-13(16-9(10)2)11-5-6-12(19-4)18-17-11/h5-8,14H,1-4H3. The summed E-state index contributed by atoms with van der Waals surface area (Å²) in [6.07, 6.45) is 1.82. The van der Waals surface area contributed by atoms with Crippen LogP contribution in [0.4, 0.5) is 0 Å². The van der Waals surface area contributed by atoms with Crippen LogP contribution in [0.25, 0.3) is 11.5 Å². The van der Waals surface area contributed by atoms with Crippen LogP contribution in [-0.4, -0.2) is 34.3 Å². The van der Waals surface area contributed by atoms with E-state index in [2.05, 4.69) is 32.4 Å². The SMILES string of the molecule is CNC(C)c1cnc(-c2ccc(OC)nn2)nc1C. The third-order valence-electron chi connectivity index (χ3n) is 3.00. The zero-order valence-electron chi connectivity index (χ0n) is 11.5. The summed E-state index contributed by atoms with van der Waals surface area (Å²) in [5.41, 5.74) is 2.64. The van der Waals surface area contributed by atoms with Crippen molar-refractivity contribution in [3.63, 3.8) is 0 Å². The van der Waals surface area contributed by atoms with Crippen molar-refractivity contribution in [2.75, 3.05) is 14.2 Å². The molecule has 100 valence electrons. The summed E-state index contributed by atoms with van der Waals surface area (Å²) in [7, 11) is 3.46. The second-order valence-corrected chi connectivity index (χ2v) is 4.21. The lowest BCUT2D eigenvalue weighted by atomic mass is 10.1. The molecule has 6 nitrogen and oxygen atoms in total. The molecule has 2 rings (SSSR count). The van der Waals surface area contributed by atoms with Gasteiger partial charge in [-0.25, -0.2) is 9.97 Å². The fraction of sp³-hybridized carbons (Fsp3) is 0.385. The highest BCUT2D eigenvalue weighted by Gasteiger charge is 2.11. The van der Waals surface area contributed by atoms with Gasteiger partial charge in [-0.1, -0.05) is 0 Å². The summed E-state index contributed by atoms with van der Waals surface area (Å²) in [4.78, 5) is 8.81. The first-order chi connectivity index (χ1) is 9.15. The zero-order chi connectivity index (χ0) is 13.8. The van der Waals surface area contributed by atoms with Crippen molar-refractivity contribution in [3.05, 3.63) is 29.6 Å². The second kappa shape index (κ2) is 5.71. The van der Waals surface area contributed by atoms with Crippen LogP contribution in [0.15, 0.2) is 18.3 Å². The molecule has 0 aliphatic heterocycles. The minimum absolute atomic E-state index is 0.219. The van der Waals surface area contributed by atoms with Crippen molar-refractivity contribution in [3.8, 4) is 17.4 Å². The molecule has 0 spiro atoms. The maximum Gasteiger partial charge on any atom is 0.233 e. The van der Waals surface area contributed by atoms with Crippen LogP contribution < -0.4 is 10.1 Å². The largest absolute Gasteiger partial charge is 0.480 e. The number of methoxy groups -OCH3 is 1. The Balaban J connectivity index is 2.33. The van der Waals surface area contributed by atoms with Gasteiger partial charge in [-0.3, -0.25) is 0 Å². The first kappa shape index (κ1) is 13.4. The minimum atomic E-state index is 0.219. The Morgan fingerprint density at radius 3 is 2.58 bits per heavy atom. The van der Waals surface area contributed by atoms with Gasteiger partial charge in [-0.2, -0.15) is 0 Å². The Kier molecular flexibility index (Phi) is 4.01. The van der Waals surface area contributed by atoms with Crippen LogP contribution in [0.1, 0.15) is 24.2 Å². The summed E-state index contributed by atoms with van der Waals surface area (Å²) in [5.74, 6) is 1.04. The topological polar surface area (TPSA) is 72.8 Å². The van der Waals surface area contributed by atoms with Crippen molar-refractivity contribution in [2.24, 2.45) is 0 Å². The molecule has 19 heavy (non-hydrogen) atoms. The zero-order valence-corrected chi connectivity index (χ0v) is 11.5. The molecule has 0 aromatic carbocycles. The van der Waals surface area contributed by atoms with Crippen molar-refractivity contribution in [1.29, 1.82) is 0 Å². The normalized spacial score (nSPS) is 12.2. The highest BCUT2D eigenvalue weighted by atomic mass is 16.5. The molecule has 1 N–H and O–H groups in total. The van der Waals surface area contributed by atoms with Gasteiger partial charge in [0.05, 0.1) is 7.11 Å². The summed E-state index contributed by atoms with van der Waals surface area (Å²) in [5, 5.41) is 11.1. The number of aromatic nitrogens is 4. The van der Waals surface area contributed by atoms with Gasteiger partial charge in [0, 0.05) is 29.6 Å². The van der Waals surface area contributed by atoms with E-state index in [0.29, 0.717) is 17.4 Å². The molecule has 0 radical (unpaired) electrons. The molecule has 0 aliphatic carbocycles. The van der Waals surface area contributed by atoms with Crippen LogP contribution in [0.3, 0.4) is 0 Å². The van der Waals surface area contributed by atoms with Crippen LogP contribution >= 0.6 is 0 Å². The number of rotatable bonds is 4. The van der Waals surface area contributed by atoms with E-state index < -0.39 is 0 Å². The van der Waals surface area contributed by atoms with Gasteiger partial charge < -0.3 is 10.1 Å². The van der Waals surface area contributed by atoms with E-state index in [1.807, 2.05) is 20.2 Å². The molecule has 0 bridgehead atoms. The molecule has 1 atom stereocenters. The molecule has 2 aromatic heterocycles. The minimum Gasteiger partial charge on any atom is -0.480 e. The van der Waals surface area contributed by atoms with Gasteiger partial charge in [-0.05, 0) is 27.0 Å². The van der Waals surface area contributed by atoms with E-state index in [1.54, 1.807) is 19.2 Å². The summed E-state index contributed by atoms with van der Waals surface area (Å²) in [6, 6.07) is 3.75. The third-order valence-corrected chi connectivity index (χ3v) is 3.00. The van der Waals surface area contributed by atoms with Crippen molar-refractivity contribution in [2.45, 2.75) is 19.9 Å². The second-order valence-electron chi connectivity index (χ2n) is 4.21. The van der Waals surface area contributed by atoms with Crippen LogP contribution in [0.5, 0.6) is 5.88 Å². The van der Waals surface area contributed by atoms with Crippen molar-refractivity contribution < 1.29 is 4.74 Å². The van der Waals surface area contributed by atoms with Gasteiger partial charge in [0.15, 0.2) is 5.82 Å². The molecule has 0 saturated heterocycles.